The van der Waals surface area contributed by atoms with Crippen molar-refractivity contribution in [3.05, 3.63) is 23.9 Å². The molecule has 1 aliphatic rings. The van der Waals surface area contributed by atoms with Crippen LogP contribution in [-0.2, 0) is 11.3 Å². The maximum atomic E-state index is 11.2. The average molecular weight is 292 g/mol. The highest BCUT2D eigenvalue weighted by atomic mass is 16.5. The maximum Gasteiger partial charge on any atom is 0.407 e. The van der Waals surface area contributed by atoms with E-state index in [4.69, 9.17) is 0 Å². The summed E-state index contributed by atoms with van der Waals surface area (Å²) < 4.78 is 4.63. The van der Waals surface area contributed by atoms with Gasteiger partial charge >= 0.3 is 6.09 Å². The van der Waals surface area contributed by atoms with Gasteiger partial charge in [0.2, 0.25) is 0 Å². The number of hydrogen-bond acceptors (Lipinski definition) is 5. The lowest BCUT2D eigenvalue weighted by atomic mass is 10.2. The van der Waals surface area contributed by atoms with Crippen LogP contribution in [-0.4, -0.2) is 48.8 Å². The Hall–Kier alpha value is -1.82. The third kappa shape index (κ3) is 4.90. The third-order valence-electron chi connectivity index (χ3n) is 3.57. The van der Waals surface area contributed by atoms with Crippen LogP contribution in [0.1, 0.15) is 25.3 Å². The van der Waals surface area contributed by atoms with E-state index >= 15 is 0 Å². The summed E-state index contributed by atoms with van der Waals surface area (Å²) in [5.41, 5.74) is 1.24. The topological polar surface area (TPSA) is 66.5 Å². The molecule has 1 saturated heterocycles. The van der Waals surface area contributed by atoms with Crippen LogP contribution in [0, 0.1) is 0 Å². The Labute approximate surface area is 125 Å². The fourth-order valence-corrected chi connectivity index (χ4v) is 2.50. The molecule has 2 N–H and O–H groups in total. The number of hydrogen-bond donors (Lipinski definition) is 2. The molecule has 1 aromatic rings. The lowest BCUT2D eigenvalue weighted by molar-refractivity contribution is 0.166. The molecule has 1 aliphatic heterocycles. The van der Waals surface area contributed by atoms with Crippen LogP contribution < -0.4 is 10.6 Å². The lowest BCUT2D eigenvalue weighted by Crippen LogP contribution is -2.36. The second kappa shape index (κ2) is 7.83. The van der Waals surface area contributed by atoms with E-state index in [-0.39, 0.29) is 12.1 Å². The molecule has 1 aromatic heterocycles. The molecule has 0 spiro atoms. The first-order valence-corrected chi connectivity index (χ1v) is 7.47. The largest absolute Gasteiger partial charge is 0.453 e. The van der Waals surface area contributed by atoms with Crippen molar-refractivity contribution in [2.24, 2.45) is 0 Å². The number of rotatable bonds is 6. The van der Waals surface area contributed by atoms with Crippen molar-refractivity contribution >= 4 is 11.9 Å². The minimum absolute atomic E-state index is 0.178. The van der Waals surface area contributed by atoms with Gasteiger partial charge in [0.25, 0.3) is 0 Å². The number of nitrogens with zero attached hydrogens (tertiary/aromatic N) is 2. The number of carbonyl (C=O) groups is 1. The number of alkyl carbamates (subject to hydrolysis) is 1. The Balaban J connectivity index is 1.83. The van der Waals surface area contributed by atoms with E-state index in [2.05, 4.69) is 38.2 Å². The second-order valence-corrected chi connectivity index (χ2v) is 5.33. The zero-order chi connectivity index (χ0) is 15.1. The average Bonchev–Trinajstić information content (AvgIpc) is 2.92. The van der Waals surface area contributed by atoms with E-state index < -0.39 is 0 Å². The molecule has 0 radical (unpaired) electrons. The molecule has 6 nitrogen and oxygen atoms in total. The Kier molecular flexibility index (Phi) is 5.80. The molecule has 116 valence electrons. The molecule has 0 bridgehead atoms. The number of carbonyl (C=O) groups excluding carboxylic acids is 1. The van der Waals surface area contributed by atoms with Crippen molar-refractivity contribution in [3.63, 3.8) is 0 Å². The van der Waals surface area contributed by atoms with Gasteiger partial charge in [-0.05, 0) is 30.5 Å². The summed E-state index contributed by atoms with van der Waals surface area (Å²) in [5, 5.41) is 6.16. The van der Waals surface area contributed by atoms with Gasteiger partial charge < -0.3 is 15.4 Å². The summed E-state index contributed by atoms with van der Waals surface area (Å²) in [6.45, 7) is 5.79. The summed E-state index contributed by atoms with van der Waals surface area (Å²) in [6, 6.07) is 4.31. The van der Waals surface area contributed by atoms with E-state index in [1.165, 1.54) is 12.7 Å². The van der Waals surface area contributed by atoms with Crippen LogP contribution in [0.25, 0.3) is 0 Å². The minimum atomic E-state index is -0.350. The van der Waals surface area contributed by atoms with E-state index in [0.29, 0.717) is 0 Å². The summed E-state index contributed by atoms with van der Waals surface area (Å²) >= 11 is 0. The molecule has 0 aliphatic carbocycles. The van der Waals surface area contributed by atoms with Gasteiger partial charge in [-0.25, -0.2) is 9.78 Å². The van der Waals surface area contributed by atoms with Crippen LogP contribution in [0.2, 0.25) is 0 Å². The smallest absolute Gasteiger partial charge is 0.407 e. The van der Waals surface area contributed by atoms with E-state index in [1.54, 1.807) is 0 Å². The van der Waals surface area contributed by atoms with Crippen molar-refractivity contribution in [2.75, 3.05) is 32.1 Å². The summed E-state index contributed by atoms with van der Waals surface area (Å²) in [7, 11) is 1.39. The Bertz CT molecular complexity index is 467. The normalized spacial score (nSPS) is 18.5. The standard InChI is InChI=1S/C15H24N4O2/c1-3-6-16-14-9-12(4-7-17-14)10-19-8-5-13(11-19)18-15(20)21-2/h4,7,9,13H,3,5-6,8,10-11H2,1-2H3,(H,16,17)(H,18,20). The highest BCUT2D eigenvalue weighted by Crippen LogP contribution is 2.15. The first-order valence-electron chi connectivity index (χ1n) is 7.47. The Morgan fingerprint density at radius 2 is 2.43 bits per heavy atom. The van der Waals surface area contributed by atoms with E-state index in [0.717, 1.165) is 44.8 Å². The van der Waals surface area contributed by atoms with E-state index in [9.17, 15) is 4.79 Å². The molecule has 2 rings (SSSR count). The van der Waals surface area contributed by atoms with Gasteiger partial charge in [-0.1, -0.05) is 6.92 Å². The Morgan fingerprint density at radius 3 is 3.19 bits per heavy atom. The molecule has 1 atom stereocenters. The predicted octanol–water partition coefficient (Wildman–Crippen LogP) is 1.83. The van der Waals surface area contributed by atoms with Crippen molar-refractivity contribution in [1.29, 1.82) is 0 Å². The van der Waals surface area contributed by atoms with Crippen LogP contribution in [0.5, 0.6) is 0 Å². The number of pyridine rings is 1. The number of nitrogens with one attached hydrogen (secondary N) is 2. The van der Waals surface area contributed by atoms with Crippen LogP contribution >= 0.6 is 0 Å². The van der Waals surface area contributed by atoms with Crippen LogP contribution in [0.3, 0.4) is 0 Å². The number of anilines is 1. The zero-order valence-electron chi connectivity index (χ0n) is 12.8. The van der Waals surface area contributed by atoms with Crippen molar-refractivity contribution in [3.8, 4) is 0 Å². The molecule has 1 fully saturated rings. The van der Waals surface area contributed by atoms with Gasteiger partial charge in [0, 0.05) is 38.4 Å². The number of aromatic nitrogens is 1. The minimum Gasteiger partial charge on any atom is -0.453 e. The third-order valence-corrected chi connectivity index (χ3v) is 3.57. The van der Waals surface area contributed by atoms with Gasteiger partial charge in [-0.2, -0.15) is 0 Å². The van der Waals surface area contributed by atoms with Gasteiger partial charge in [-0.15, -0.1) is 0 Å². The number of methoxy groups -OCH3 is 1. The monoisotopic (exact) mass is 292 g/mol. The molecule has 1 unspecified atom stereocenters. The highest BCUT2D eigenvalue weighted by molar-refractivity contribution is 5.67. The number of ether oxygens (including phenoxy) is 1. The van der Waals surface area contributed by atoms with Gasteiger partial charge in [0.1, 0.15) is 5.82 Å². The highest BCUT2D eigenvalue weighted by Gasteiger charge is 2.24. The van der Waals surface area contributed by atoms with Crippen LogP contribution in [0.15, 0.2) is 18.3 Å². The van der Waals surface area contributed by atoms with Gasteiger partial charge in [0.15, 0.2) is 0 Å². The maximum absolute atomic E-state index is 11.2. The molecule has 0 saturated carbocycles. The molecule has 21 heavy (non-hydrogen) atoms. The first kappa shape index (κ1) is 15.6. The molecule has 6 heteroatoms. The second-order valence-electron chi connectivity index (χ2n) is 5.33. The summed E-state index contributed by atoms with van der Waals surface area (Å²) in [5.74, 6) is 0.929. The molecule has 0 aromatic carbocycles. The number of likely N-dealkylation sites (tertiary alicyclic amines) is 1. The number of amides is 1. The predicted molar refractivity (Wildman–Crippen MR) is 82.2 cm³/mol. The van der Waals surface area contributed by atoms with Crippen molar-refractivity contribution in [2.45, 2.75) is 32.4 Å². The van der Waals surface area contributed by atoms with Gasteiger partial charge in [0.05, 0.1) is 7.11 Å². The first-order chi connectivity index (χ1) is 10.2. The van der Waals surface area contributed by atoms with Gasteiger partial charge in [-0.3, -0.25) is 4.90 Å². The molecule has 2 heterocycles. The molecular weight excluding hydrogens is 268 g/mol. The summed E-state index contributed by atoms with van der Waals surface area (Å²) in [6.07, 6.45) is 3.53. The fourth-order valence-electron chi connectivity index (χ4n) is 2.50. The quantitative estimate of drug-likeness (QED) is 0.837. The molecule has 1 amide bonds. The van der Waals surface area contributed by atoms with Crippen LogP contribution in [0.4, 0.5) is 10.6 Å². The van der Waals surface area contributed by atoms with Crippen molar-refractivity contribution in [1.82, 2.24) is 15.2 Å². The summed E-state index contributed by atoms with van der Waals surface area (Å²) in [4.78, 5) is 17.9. The lowest BCUT2D eigenvalue weighted by Gasteiger charge is -2.17. The zero-order valence-corrected chi connectivity index (χ0v) is 12.8. The van der Waals surface area contributed by atoms with Crippen molar-refractivity contribution < 1.29 is 9.53 Å². The molecular formula is C15H24N4O2. The van der Waals surface area contributed by atoms with E-state index in [1.807, 2.05) is 12.3 Å². The Morgan fingerprint density at radius 1 is 1.57 bits per heavy atom. The SMILES string of the molecule is CCCNc1cc(CN2CCC(NC(=O)OC)C2)ccn1. The fraction of sp³-hybridized carbons (Fsp3) is 0.600.